The first kappa shape index (κ1) is 18.4. The van der Waals surface area contributed by atoms with E-state index in [1.807, 2.05) is 13.1 Å². The average molecular weight is 375 g/mol. The van der Waals surface area contributed by atoms with Gasteiger partial charge < -0.3 is 16.4 Å². The smallest absolute Gasteiger partial charge is 0.223 e. The van der Waals surface area contributed by atoms with Gasteiger partial charge in [0.1, 0.15) is 11.0 Å². The molecule has 2 aromatic heterocycles. The van der Waals surface area contributed by atoms with Crippen LogP contribution in [0.25, 0.3) is 0 Å². The van der Waals surface area contributed by atoms with Crippen LogP contribution in [-0.2, 0) is 17.8 Å². The van der Waals surface area contributed by atoms with Crippen molar-refractivity contribution in [3.05, 3.63) is 39.3 Å². The monoisotopic (exact) mass is 374 g/mol. The van der Waals surface area contributed by atoms with E-state index < -0.39 is 0 Å². The van der Waals surface area contributed by atoms with Gasteiger partial charge in [-0.2, -0.15) is 4.98 Å². The highest BCUT2D eigenvalue weighted by Crippen LogP contribution is 2.41. The number of carbonyl (C=O) groups excluding carboxylic acids is 1. The highest BCUT2D eigenvalue weighted by Gasteiger charge is 2.34. The predicted molar refractivity (Wildman–Crippen MR) is 102 cm³/mol. The quantitative estimate of drug-likeness (QED) is 0.776. The second-order valence-electron chi connectivity index (χ2n) is 6.68. The van der Waals surface area contributed by atoms with E-state index in [0.717, 1.165) is 23.2 Å². The first-order valence-electron chi connectivity index (χ1n) is 8.61. The van der Waals surface area contributed by atoms with E-state index in [-0.39, 0.29) is 29.3 Å². The highest BCUT2D eigenvalue weighted by atomic mass is 35.5. The van der Waals surface area contributed by atoms with Gasteiger partial charge in [-0.15, -0.1) is 0 Å². The van der Waals surface area contributed by atoms with Crippen LogP contribution in [0.15, 0.2) is 6.20 Å². The molecule has 7 nitrogen and oxygen atoms in total. The van der Waals surface area contributed by atoms with Crippen molar-refractivity contribution in [3.63, 3.8) is 0 Å². The van der Waals surface area contributed by atoms with Crippen molar-refractivity contribution in [1.82, 2.24) is 15.0 Å². The van der Waals surface area contributed by atoms with Crippen LogP contribution in [0.1, 0.15) is 47.2 Å². The molecule has 3 heterocycles. The number of amides is 1. The number of primary amides is 1. The van der Waals surface area contributed by atoms with Gasteiger partial charge in [-0.05, 0) is 37.0 Å². The Bertz CT molecular complexity index is 869. The number of rotatable bonds is 5. The minimum absolute atomic E-state index is 0.117. The van der Waals surface area contributed by atoms with Crippen LogP contribution in [0.5, 0.6) is 0 Å². The predicted octanol–water partition coefficient (Wildman–Crippen LogP) is 2.27. The van der Waals surface area contributed by atoms with Crippen LogP contribution in [0, 0.1) is 13.8 Å². The highest BCUT2D eigenvalue weighted by molar-refractivity contribution is 6.30. The number of aryl methyl sites for hydroxylation is 1. The van der Waals surface area contributed by atoms with Gasteiger partial charge in [0, 0.05) is 42.9 Å². The molecule has 1 aliphatic rings. The van der Waals surface area contributed by atoms with Gasteiger partial charge in [-0.1, -0.05) is 18.5 Å². The van der Waals surface area contributed by atoms with Gasteiger partial charge in [0.05, 0.1) is 0 Å². The second kappa shape index (κ2) is 7.07. The lowest BCUT2D eigenvalue weighted by Crippen LogP contribution is -2.25. The zero-order valence-electron chi connectivity index (χ0n) is 15.2. The van der Waals surface area contributed by atoms with Gasteiger partial charge in [0.15, 0.2) is 0 Å². The molecule has 2 aromatic rings. The van der Waals surface area contributed by atoms with Gasteiger partial charge in [-0.3, -0.25) is 9.78 Å². The standard InChI is InChI=1S/C18H23ClN6O/c1-4-13-9(2)12(6-22-10(13)3)8-25-7-11(5-14(20)26)15-16(19)23-18(21)24-17(15)25/h6,11H,4-5,7-8H2,1-3H3,(H2,20,26)(H2,21,23,24)/t11-/m0/s1. The molecule has 0 spiro atoms. The largest absolute Gasteiger partial charge is 0.370 e. The molecule has 1 atom stereocenters. The molecule has 0 saturated carbocycles. The summed E-state index contributed by atoms with van der Waals surface area (Å²) in [6.45, 7) is 7.47. The number of nitrogens with two attached hydrogens (primary N) is 2. The number of nitrogen functional groups attached to an aromatic ring is 1. The summed E-state index contributed by atoms with van der Waals surface area (Å²) in [5.41, 5.74) is 16.6. The first-order valence-corrected chi connectivity index (χ1v) is 8.99. The Hall–Kier alpha value is -2.41. The van der Waals surface area contributed by atoms with Gasteiger partial charge in [0.2, 0.25) is 11.9 Å². The van der Waals surface area contributed by atoms with Crippen LogP contribution in [0.3, 0.4) is 0 Å². The number of pyridine rings is 1. The first-order chi connectivity index (χ1) is 12.3. The van der Waals surface area contributed by atoms with Crippen molar-refractivity contribution in [2.24, 2.45) is 5.73 Å². The van der Waals surface area contributed by atoms with Crippen LogP contribution >= 0.6 is 11.6 Å². The maximum Gasteiger partial charge on any atom is 0.223 e. The molecule has 0 bridgehead atoms. The van der Waals surface area contributed by atoms with E-state index in [2.05, 4.69) is 33.7 Å². The van der Waals surface area contributed by atoms with E-state index in [4.69, 9.17) is 23.1 Å². The Morgan fingerprint density at radius 2 is 2.12 bits per heavy atom. The van der Waals surface area contributed by atoms with Gasteiger partial charge in [0.25, 0.3) is 0 Å². The number of anilines is 2. The van der Waals surface area contributed by atoms with Crippen LogP contribution in [0.4, 0.5) is 11.8 Å². The lowest BCUT2D eigenvalue weighted by atomic mass is 10.00. The van der Waals surface area contributed by atoms with Crippen molar-refractivity contribution >= 4 is 29.3 Å². The zero-order valence-corrected chi connectivity index (χ0v) is 16.0. The van der Waals surface area contributed by atoms with E-state index in [0.29, 0.717) is 18.9 Å². The number of carbonyl (C=O) groups is 1. The molecule has 1 aliphatic heterocycles. The number of halogens is 1. The Morgan fingerprint density at radius 3 is 2.77 bits per heavy atom. The van der Waals surface area contributed by atoms with Gasteiger partial charge >= 0.3 is 0 Å². The van der Waals surface area contributed by atoms with Crippen LogP contribution < -0.4 is 16.4 Å². The molecule has 138 valence electrons. The minimum Gasteiger partial charge on any atom is -0.370 e. The zero-order chi connectivity index (χ0) is 19.0. The molecular weight excluding hydrogens is 352 g/mol. The molecule has 0 aliphatic carbocycles. The minimum atomic E-state index is -0.378. The molecule has 0 saturated heterocycles. The van der Waals surface area contributed by atoms with E-state index in [9.17, 15) is 4.79 Å². The van der Waals surface area contributed by atoms with Crippen LogP contribution in [0.2, 0.25) is 5.15 Å². The molecule has 1 amide bonds. The van der Waals surface area contributed by atoms with Crippen molar-refractivity contribution < 1.29 is 4.79 Å². The number of nitrogens with zero attached hydrogens (tertiary/aromatic N) is 4. The third-order valence-electron chi connectivity index (χ3n) is 4.99. The second-order valence-corrected chi connectivity index (χ2v) is 7.04. The maximum absolute atomic E-state index is 11.5. The fourth-order valence-corrected chi connectivity index (χ4v) is 4.06. The molecule has 0 fully saturated rings. The molecule has 3 rings (SSSR count). The normalized spacial score (nSPS) is 16.0. The Kier molecular flexibility index (Phi) is 5.00. The van der Waals surface area contributed by atoms with Crippen molar-refractivity contribution in [2.75, 3.05) is 17.2 Å². The summed E-state index contributed by atoms with van der Waals surface area (Å²) in [6, 6.07) is 0. The summed E-state index contributed by atoms with van der Waals surface area (Å²) >= 11 is 6.30. The molecule has 0 aromatic carbocycles. The van der Waals surface area contributed by atoms with Crippen molar-refractivity contribution in [3.8, 4) is 0 Å². The summed E-state index contributed by atoms with van der Waals surface area (Å²) in [7, 11) is 0. The van der Waals surface area contributed by atoms with Crippen molar-refractivity contribution in [1.29, 1.82) is 0 Å². The SMILES string of the molecule is CCc1c(C)ncc(CN2C[C@H](CC(N)=O)c3c(Cl)nc(N)nc32)c1C. The number of fused-ring (bicyclic) bond motifs is 1. The molecule has 0 unspecified atom stereocenters. The fourth-order valence-electron chi connectivity index (χ4n) is 3.73. The Morgan fingerprint density at radius 1 is 1.38 bits per heavy atom. The topological polar surface area (TPSA) is 111 Å². The van der Waals surface area contributed by atoms with E-state index in [1.54, 1.807) is 0 Å². The maximum atomic E-state index is 11.5. The molecule has 8 heteroatoms. The molecule has 0 radical (unpaired) electrons. The van der Waals surface area contributed by atoms with E-state index >= 15 is 0 Å². The third kappa shape index (κ3) is 3.31. The Labute approximate surface area is 157 Å². The summed E-state index contributed by atoms with van der Waals surface area (Å²) in [5.74, 6) is 0.273. The summed E-state index contributed by atoms with van der Waals surface area (Å²) < 4.78 is 0. The average Bonchev–Trinajstić information content (AvgIpc) is 2.87. The Balaban J connectivity index is 1.99. The van der Waals surface area contributed by atoms with Gasteiger partial charge in [-0.25, -0.2) is 4.98 Å². The lowest BCUT2D eigenvalue weighted by Gasteiger charge is -2.21. The fraction of sp³-hybridized carbons (Fsp3) is 0.444. The molecule has 26 heavy (non-hydrogen) atoms. The number of hydrogen-bond acceptors (Lipinski definition) is 6. The lowest BCUT2D eigenvalue weighted by molar-refractivity contribution is -0.118. The van der Waals surface area contributed by atoms with Crippen molar-refractivity contribution in [2.45, 2.75) is 46.1 Å². The van der Waals surface area contributed by atoms with E-state index in [1.165, 1.54) is 11.1 Å². The third-order valence-corrected chi connectivity index (χ3v) is 5.28. The summed E-state index contributed by atoms with van der Waals surface area (Å²) in [4.78, 5) is 26.5. The number of hydrogen-bond donors (Lipinski definition) is 2. The molecule has 4 N–H and O–H groups in total. The summed E-state index contributed by atoms with van der Waals surface area (Å²) in [5, 5.41) is 0.286. The van der Waals surface area contributed by atoms with Crippen LogP contribution in [-0.4, -0.2) is 27.4 Å². The number of aromatic nitrogens is 3. The summed E-state index contributed by atoms with van der Waals surface area (Å²) in [6.07, 6.45) is 3.03. The molecular formula is C18H23ClN6O.